The van der Waals surface area contributed by atoms with Crippen molar-refractivity contribution >= 4 is 22.8 Å². The average molecular weight is 317 g/mol. The van der Waals surface area contributed by atoms with Crippen LogP contribution < -0.4 is 16.0 Å². The number of aryl methyl sites for hydroxylation is 1. The highest BCUT2D eigenvalue weighted by molar-refractivity contribution is 5.82. The van der Waals surface area contributed by atoms with Crippen molar-refractivity contribution in [2.75, 3.05) is 0 Å². The Bertz CT molecular complexity index is 784. The molecule has 1 amide bonds. The number of benzene rings is 1. The predicted octanol–water partition coefficient (Wildman–Crippen LogP) is -0.928. The third-order valence-electron chi connectivity index (χ3n) is 3.42. The minimum atomic E-state index is -1.34. The molecule has 0 spiro atoms. The van der Waals surface area contributed by atoms with Crippen LogP contribution in [0.5, 0.6) is 0 Å². The monoisotopic (exact) mass is 317 g/mol. The molecule has 8 nitrogen and oxygen atoms in total. The van der Waals surface area contributed by atoms with Gasteiger partial charge in [-0.3, -0.25) is 9.59 Å². The van der Waals surface area contributed by atoms with Crippen molar-refractivity contribution in [2.24, 2.45) is 5.92 Å². The molecule has 0 bridgehead atoms. The lowest BCUT2D eigenvalue weighted by molar-refractivity contribution is -0.309. The number of aromatic nitrogens is 3. The molecule has 1 N–H and O–H groups in total. The summed E-state index contributed by atoms with van der Waals surface area (Å²) in [5.74, 6) is -2.13. The number of fused-ring (bicyclic) bond motifs is 1. The van der Waals surface area contributed by atoms with E-state index in [2.05, 4.69) is 15.6 Å². The van der Waals surface area contributed by atoms with E-state index in [1.54, 1.807) is 38.1 Å². The third-order valence-corrected chi connectivity index (χ3v) is 3.42. The maximum absolute atomic E-state index is 12.2. The molecule has 1 aromatic heterocycles. The Morgan fingerprint density at radius 3 is 2.65 bits per heavy atom. The average Bonchev–Trinajstić information content (AvgIpc) is 2.51. The van der Waals surface area contributed by atoms with Gasteiger partial charge in [-0.15, -0.1) is 5.10 Å². The molecule has 0 aliphatic carbocycles. The fourth-order valence-electron chi connectivity index (χ4n) is 2.12. The van der Waals surface area contributed by atoms with Gasteiger partial charge < -0.3 is 15.2 Å². The number of carbonyl (C=O) groups excluding carboxylic acids is 2. The van der Waals surface area contributed by atoms with Gasteiger partial charge in [-0.1, -0.05) is 31.2 Å². The molecule has 2 aromatic rings. The summed E-state index contributed by atoms with van der Waals surface area (Å²) in [5, 5.41) is 21.4. The van der Waals surface area contributed by atoms with E-state index in [9.17, 15) is 19.5 Å². The summed E-state index contributed by atoms with van der Waals surface area (Å²) in [7, 11) is 0. The molecule has 0 saturated carbocycles. The van der Waals surface area contributed by atoms with Gasteiger partial charge in [-0.25, -0.2) is 4.68 Å². The molecule has 23 heavy (non-hydrogen) atoms. The molecular weight excluding hydrogens is 300 g/mol. The van der Waals surface area contributed by atoms with Crippen LogP contribution in [0, 0.1) is 5.92 Å². The number of carboxylic acid groups (broad SMARTS) is 1. The van der Waals surface area contributed by atoms with Gasteiger partial charge in [-0.05, 0) is 18.1 Å². The lowest BCUT2D eigenvalue weighted by atomic mass is 10.0. The largest absolute Gasteiger partial charge is 0.548 e. The van der Waals surface area contributed by atoms with Gasteiger partial charge in [-0.2, -0.15) is 0 Å². The molecule has 122 valence electrons. The van der Waals surface area contributed by atoms with Gasteiger partial charge in [0.25, 0.3) is 5.56 Å². The summed E-state index contributed by atoms with van der Waals surface area (Å²) in [4.78, 5) is 35.0. The highest BCUT2D eigenvalue weighted by Gasteiger charge is 2.17. The summed E-state index contributed by atoms with van der Waals surface area (Å²) in [6.07, 6.45) is -0.0799. The summed E-state index contributed by atoms with van der Waals surface area (Å²) in [6.45, 7) is 3.35. The third kappa shape index (κ3) is 3.91. The molecule has 1 atom stereocenters. The minimum absolute atomic E-state index is 0.0142. The molecule has 0 unspecified atom stereocenters. The van der Waals surface area contributed by atoms with Gasteiger partial charge in [0.15, 0.2) is 0 Å². The molecule has 8 heteroatoms. The van der Waals surface area contributed by atoms with Crippen molar-refractivity contribution in [1.29, 1.82) is 0 Å². The van der Waals surface area contributed by atoms with E-state index < -0.39 is 17.9 Å². The summed E-state index contributed by atoms with van der Waals surface area (Å²) in [5.41, 5.74) is 0.138. The van der Waals surface area contributed by atoms with Crippen LogP contribution in [0.15, 0.2) is 29.1 Å². The van der Waals surface area contributed by atoms with Crippen molar-refractivity contribution in [3.05, 3.63) is 34.6 Å². The number of nitrogens with one attached hydrogen (secondary N) is 1. The SMILES string of the molecule is CC(C)[C@H](NC(=O)CCn1nnc2ccccc2c1=O)C(=O)[O-]. The zero-order valence-corrected chi connectivity index (χ0v) is 12.9. The second-order valence-electron chi connectivity index (χ2n) is 5.49. The van der Waals surface area contributed by atoms with E-state index in [4.69, 9.17) is 0 Å². The van der Waals surface area contributed by atoms with E-state index in [1.807, 2.05) is 0 Å². The van der Waals surface area contributed by atoms with Crippen LogP contribution in [-0.4, -0.2) is 32.9 Å². The zero-order valence-electron chi connectivity index (χ0n) is 12.9. The van der Waals surface area contributed by atoms with Crippen molar-refractivity contribution in [1.82, 2.24) is 20.3 Å². The molecule has 0 fully saturated rings. The van der Waals surface area contributed by atoms with Crippen LogP contribution in [-0.2, 0) is 16.1 Å². The van der Waals surface area contributed by atoms with Crippen LogP contribution in [0.2, 0.25) is 0 Å². The Labute approximate surface area is 132 Å². The number of nitrogens with zero attached hydrogens (tertiary/aromatic N) is 3. The Morgan fingerprint density at radius 2 is 2.00 bits per heavy atom. The first-order chi connectivity index (χ1) is 10.9. The Morgan fingerprint density at radius 1 is 1.30 bits per heavy atom. The minimum Gasteiger partial charge on any atom is -0.548 e. The number of hydrogen-bond acceptors (Lipinski definition) is 6. The maximum Gasteiger partial charge on any atom is 0.277 e. The summed E-state index contributed by atoms with van der Waals surface area (Å²) < 4.78 is 1.09. The van der Waals surface area contributed by atoms with Crippen molar-refractivity contribution in [3.8, 4) is 0 Å². The molecule has 1 aromatic carbocycles. The van der Waals surface area contributed by atoms with Gasteiger partial charge in [0.1, 0.15) is 5.52 Å². The van der Waals surface area contributed by atoms with Crippen molar-refractivity contribution in [2.45, 2.75) is 32.9 Å². The molecule has 0 saturated heterocycles. The van der Waals surface area contributed by atoms with Crippen LogP contribution in [0.25, 0.3) is 10.9 Å². The number of amides is 1. The summed E-state index contributed by atoms with van der Waals surface area (Å²) >= 11 is 0. The first-order valence-corrected chi connectivity index (χ1v) is 7.23. The Kier molecular flexibility index (Phi) is 5.05. The molecule has 0 aliphatic rings. The molecule has 2 rings (SSSR count). The number of hydrogen-bond donors (Lipinski definition) is 1. The smallest absolute Gasteiger partial charge is 0.277 e. The fourth-order valence-corrected chi connectivity index (χ4v) is 2.12. The lowest BCUT2D eigenvalue weighted by Crippen LogP contribution is -2.51. The highest BCUT2D eigenvalue weighted by Crippen LogP contribution is 2.04. The Balaban J connectivity index is 2.06. The molecule has 0 aliphatic heterocycles. The van der Waals surface area contributed by atoms with E-state index in [0.717, 1.165) is 4.68 Å². The van der Waals surface area contributed by atoms with Gasteiger partial charge in [0.2, 0.25) is 5.91 Å². The summed E-state index contributed by atoms with van der Waals surface area (Å²) in [6, 6.07) is 5.71. The second-order valence-corrected chi connectivity index (χ2v) is 5.49. The van der Waals surface area contributed by atoms with E-state index >= 15 is 0 Å². The first kappa shape index (κ1) is 16.6. The number of aliphatic carboxylic acids is 1. The number of carboxylic acids is 1. The first-order valence-electron chi connectivity index (χ1n) is 7.23. The van der Waals surface area contributed by atoms with E-state index in [-0.39, 0.29) is 24.4 Å². The quantitative estimate of drug-likeness (QED) is 0.736. The molecule has 1 heterocycles. The fraction of sp³-hybridized carbons (Fsp3) is 0.400. The molecule has 0 radical (unpaired) electrons. The second kappa shape index (κ2) is 6.99. The van der Waals surface area contributed by atoms with Crippen molar-refractivity contribution < 1.29 is 14.7 Å². The van der Waals surface area contributed by atoms with Crippen molar-refractivity contribution in [3.63, 3.8) is 0 Å². The standard InChI is InChI=1S/C15H18N4O4/c1-9(2)13(15(22)23)16-12(20)7-8-19-14(21)10-5-3-4-6-11(10)17-18-19/h3-6,9,13H,7-8H2,1-2H3,(H,16,20)(H,22,23)/p-1/t13-/m0/s1. The Hall–Kier alpha value is -2.77. The number of rotatable bonds is 6. The normalized spacial score (nSPS) is 12.3. The number of carbonyl (C=O) groups is 2. The van der Waals surface area contributed by atoms with Gasteiger partial charge in [0.05, 0.1) is 23.9 Å². The van der Waals surface area contributed by atoms with Gasteiger partial charge >= 0.3 is 0 Å². The highest BCUT2D eigenvalue weighted by atomic mass is 16.4. The lowest BCUT2D eigenvalue weighted by Gasteiger charge is -2.23. The molecular formula is C15H17N4O4-. The topological polar surface area (TPSA) is 117 Å². The predicted molar refractivity (Wildman–Crippen MR) is 80.2 cm³/mol. The van der Waals surface area contributed by atoms with Crippen LogP contribution in [0.1, 0.15) is 20.3 Å². The van der Waals surface area contributed by atoms with E-state index in [0.29, 0.717) is 10.9 Å². The van der Waals surface area contributed by atoms with Crippen LogP contribution in [0.4, 0.5) is 0 Å². The van der Waals surface area contributed by atoms with Crippen LogP contribution in [0.3, 0.4) is 0 Å². The van der Waals surface area contributed by atoms with Gasteiger partial charge in [0, 0.05) is 6.42 Å². The van der Waals surface area contributed by atoms with E-state index in [1.165, 1.54) is 0 Å². The maximum atomic E-state index is 12.2. The zero-order chi connectivity index (χ0) is 17.0. The van der Waals surface area contributed by atoms with Crippen LogP contribution >= 0.6 is 0 Å².